The lowest BCUT2D eigenvalue weighted by molar-refractivity contribution is -0.301. The molecule has 0 bridgehead atoms. The van der Waals surface area contributed by atoms with E-state index < -0.39 is 35.0 Å². The molecule has 2 aromatic rings. The number of rotatable bonds is 1. The molecule has 26 heavy (non-hydrogen) atoms. The first-order valence-corrected chi connectivity index (χ1v) is 7.38. The topological polar surface area (TPSA) is 35.8 Å². The third kappa shape index (κ3) is 2.54. The Morgan fingerprint density at radius 2 is 1.42 bits per heavy atom. The summed E-state index contributed by atoms with van der Waals surface area (Å²) in [6, 6.07) is 9.48. The Balaban J connectivity index is 2.38. The second-order valence-electron chi connectivity index (χ2n) is 5.84. The molecule has 1 heterocycles. The van der Waals surface area contributed by atoms with Gasteiger partial charge in [0.1, 0.15) is 0 Å². The maximum Gasteiger partial charge on any atom is 0.427 e. The monoisotopic (exact) mass is 374 g/mol. The molecule has 0 atom stereocenters. The molecule has 3 nitrogen and oxygen atoms in total. The van der Waals surface area contributed by atoms with Gasteiger partial charge in [-0.15, -0.1) is 0 Å². The van der Waals surface area contributed by atoms with E-state index in [9.17, 15) is 31.5 Å². The average molecular weight is 374 g/mol. The number of fused-ring (bicyclic) bond motifs is 1. The number of hydrogen-bond donors (Lipinski definition) is 1. The minimum Gasteiger partial charge on any atom is -0.282 e. The van der Waals surface area contributed by atoms with Crippen LogP contribution in [-0.4, -0.2) is 23.4 Å². The van der Waals surface area contributed by atoms with E-state index in [1.807, 2.05) is 0 Å². The number of halogens is 6. The zero-order valence-corrected chi connectivity index (χ0v) is 13.2. The smallest absolute Gasteiger partial charge is 0.282 e. The molecule has 0 saturated carbocycles. The van der Waals surface area contributed by atoms with Crippen LogP contribution in [0.25, 0.3) is 0 Å². The largest absolute Gasteiger partial charge is 0.427 e. The summed E-state index contributed by atoms with van der Waals surface area (Å²) in [7, 11) is 0. The highest BCUT2D eigenvalue weighted by molar-refractivity contribution is 6.10. The van der Waals surface area contributed by atoms with Crippen molar-refractivity contribution in [3.63, 3.8) is 0 Å². The van der Waals surface area contributed by atoms with Crippen molar-refractivity contribution in [3.05, 3.63) is 65.2 Å². The minimum atomic E-state index is -5.77. The molecular formula is C17H12F6N2O. The molecule has 3 rings (SSSR count). The van der Waals surface area contributed by atoms with Gasteiger partial charge in [0, 0.05) is 11.1 Å². The highest BCUT2D eigenvalue weighted by atomic mass is 19.4. The Hall–Kier alpha value is -2.55. The number of hydrogen-bond acceptors (Lipinski definition) is 3. The van der Waals surface area contributed by atoms with Crippen LogP contribution in [0, 0.1) is 6.92 Å². The highest BCUT2D eigenvalue weighted by Gasteiger charge is 2.74. The molecule has 138 valence electrons. The van der Waals surface area contributed by atoms with Crippen LogP contribution in [0.15, 0.2) is 53.5 Å². The lowest BCUT2D eigenvalue weighted by Crippen LogP contribution is -2.56. The molecule has 0 fully saturated rings. The molecule has 0 spiro atoms. The quantitative estimate of drug-likeness (QED) is 0.716. The van der Waals surface area contributed by atoms with Gasteiger partial charge in [0.2, 0.25) is 0 Å². The van der Waals surface area contributed by atoms with Crippen LogP contribution >= 0.6 is 0 Å². The summed E-state index contributed by atoms with van der Waals surface area (Å²) < 4.78 is 82.3. The van der Waals surface area contributed by atoms with Gasteiger partial charge in [-0.3, -0.25) is 5.21 Å². The number of hydroxylamine groups is 1. The Kier molecular flexibility index (Phi) is 4.02. The first kappa shape index (κ1) is 18.2. The number of anilines is 1. The van der Waals surface area contributed by atoms with Crippen LogP contribution < -0.4 is 5.06 Å². The standard InChI is InChI=1S/C17H12F6N2O/c1-10-6-8-11(9-7-10)14-24-15(16(18,19)20,17(21,22)23)12-4-2-3-5-13(12)25(14)26/h2-9,26H,1H3. The molecule has 0 aliphatic carbocycles. The van der Waals surface area contributed by atoms with Gasteiger partial charge in [-0.25, -0.2) is 10.1 Å². The molecule has 0 unspecified atom stereocenters. The zero-order valence-electron chi connectivity index (χ0n) is 13.2. The first-order chi connectivity index (χ1) is 12.0. The van der Waals surface area contributed by atoms with Gasteiger partial charge in [0.25, 0.3) is 5.54 Å². The Morgan fingerprint density at radius 3 is 1.96 bits per heavy atom. The third-order valence-electron chi connectivity index (χ3n) is 4.13. The maximum atomic E-state index is 13.7. The van der Waals surface area contributed by atoms with Crippen LogP contribution in [0.3, 0.4) is 0 Å². The van der Waals surface area contributed by atoms with Gasteiger partial charge in [0.15, 0.2) is 5.84 Å². The molecule has 0 radical (unpaired) electrons. The fourth-order valence-corrected chi connectivity index (χ4v) is 2.83. The molecule has 0 aromatic heterocycles. The van der Waals surface area contributed by atoms with Gasteiger partial charge in [0.05, 0.1) is 5.69 Å². The summed E-state index contributed by atoms with van der Waals surface area (Å²) >= 11 is 0. The van der Waals surface area contributed by atoms with E-state index >= 15 is 0 Å². The van der Waals surface area contributed by atoms with E-state index in [1.165, 1.54) is 30.3 Å². The molecule has 9 heteroatoms. The van der Waals surface area contributed by atoms with E-state index in [2.05, 4.69) is 4.99 Å². The van der Waals surface area contributed by atoms with Gasteiger partial charge in [-0.2, -0.15) is 26.3 Å². The van der Waals surface area contributed by atoms with E-state index in [0.29, 0.717) is 6.07 Å². The van der Waals surface area contributed by atoms with Crippen LogP contribution in [-0.2, 0) is 5.54 Å². The first-order valence-electron chi connectivity index (χ1n) is 7.38. The third-order valence-corrected chi connectivity index (χ3v) is 4.13. The number of aryl methyl sites for hydroxylation is 1. The lowest BCUT2D eigenvalue weighted by atomic mass is 9.85. The molecule has 0 amide bonds. The van der Waals surface area contributed by atoms with Crippen molar-refractivity contribution in [2.24, 2.45) is 4.99 Å². The van der Waals surface area contributed by atoms with Crippen LogP contribution in [0.4, 0.5) is 32.0 Å². The minimum absolute atomic E-state index is 0.0783. The van der Waals surface area contributed by atoms with Crippen molar-refractivity contribution in [2.45, 2.75) is 24.8 Å². The van der Waals surface area contributed by atoms with Gasteiger partial charge >= 0.3 is 12.4 Å². The molecule has 2 aromatic carbocycles. The van der Waals surface area contributed by atoms with Gasteiger partial charge in [-0.1, -0.05) is 48.0 Å². The van der Waals surface area contributed by atoms with Crippen LogP contribution in [0.5, 0.6) is 0 Å². The Morgan fingerprint density at radius 1 is 0.885 bits per heavy atom. The normalized spacial score (nSPS) is 16.9. The molecule has 1 aliphatic rings. The van der Waals surface area contributed by atoms with E-state index in [-0.39, 0.29) is 10.6 Å². The number of aliphatic imine (C=N–C) groups is 1. The summed E-state index contributed by atoms with van der Waals surface area (Å²) in [5.74, 6) is -0.835. The Bertz CT molecular complexity index is 841. The summed E-state index contributed by atoms with van der Waals surface area (Å²) in [6.45, 7) is 1.70. The van der Waals surface area contributed by atoms with Crippen molar-refractivity contribution < 1.29 is 31.5 Å². The van der Waals surface area contributed by atoms with Gasteiger partial charge in [-0.05, 0) is 13.0 Å². The van der Waals surface area contributed by atoms with E-state index in [0.717, 1.165) is 17.7 Å². The van der Waals surface area contributed by atoms with Crippen LogP contribution in [0.1, 0.15) is 16.7 Å². The second kappa shape index (κ2) is 5.73. The fraction of sp³-hybridized carbons (Fsp3) is 0.235. The average Bonchev–Trinajstić information content (AvgIpc) is 2.54. The second-order valence-corrected chi connectivity index (χ2v) is 5.84. The van der Waals surface area contributed by atoms with Gasteiger partial charge < -0.3 is 0 Å². The number of amidine groups is 1. The Labute approximate surface area is 144 Å². The zero-order chi connectivity index (χ0) is 19.3. The number of alkyl halides is 6. The molecule has 1 aliphatic heterocycles. The number of nitrogens with zero attached hydrogens (tertiary/aromatic N) is 2. The van der Waals surface area contributed by atoms with Crippen molar-refractivity contribution in [3.8, 4) is 0 Å². The summed E-state index contributed by atoms with van der Waals surface area (Å²) in [5.41, 5.74) is -5.62. The SMILES string of the molecule is Cc1ccc(C2=NC(C(F)(F)F)(C(F)(F)F)c3ccccc3N2O)cc1. The molecule has 1 N–H and O–H groups in total. The summed E-state index contributed by atoms with van der Waals surface area (Å²) in [4.78, 5) is 3.02. The molecular weight excluding hydrogens is 362 g/mol. The van der Waals surface area contributed by atoms with Crippen molar-refractivity contribution in [1.82, 2.24) is 0 Å². The van der Waals surface area contributed by atoms with Crippen molar-refractivity contribution in [1.29, 1.82) is 0 Å². The van der Waals surface area contributed by atoms with Crippen LogP contribution in [0.2, 0.25) is 0 Å². The molecule has 0 saturated heterocycles. The van der Waals surface area contributed by atoms with E-state index in [4.69, 9.17) is 0 Å². The summed E-state index contributed by atoms with van der Waals surface area (Å²) in [6.07, 6.45) is -11.5. The summed E-state index contributed by atoms with van der Waals surface area (Å²) in [5, 5.41) is 10.5. The lowest BCUT2D eigenvalue weighted by Gasteiger charge is -2.40. The van der Waals surface area contributed by atoms with E-state index in [1.54, 1.807) is 6.92 Å². The number of benzene rings is 2. The van der Waals surface area contributed by atoms with Crippen molar-refractivity contribution in [2.75, 3.05) is 5.06 Å². The van der Waals surface area contributed by atoms with Crippen molar-refractivity contribution >= 4 is 11.5 Å². The predicted molar refractivity (Wildman–Crippen MR) is 82.2 cm³/mol. The maximum absolute atomic E-state index is 13.7. The fourth-order valence-electron chi connectivity index (χ4n) is 2.83. The predicted octanol–water partition coefficient (Wildman–Crippen LogP) is 4.97. The number of para-hydroxylation sites is 1. The highest BCUT2D eigenvalue weighted by Crippen LogP contribution is 2.57.